The van der Waals surface area contributed by atoms with Crippen LogP contribution < -0.4 is 5.32 Å². The third kappa shape index (κ3) is 3.91. The van der Waals surface area contributed by atoms with Gasteiger partial charge in [-0.05, 0) is 28.1 Å². The zero-order chi connectivity index (χ0) is 11.5. The smallest absolute Gasteiger partial charge is 0.343 e. The van der Waals surface area contributed by atoms with Crippen molar-refractivity contribution < 1.29 is 18.0 Å². The first kappa shape index (κ1) is 12.0. The van der Waals surface area contributed by atoms with E-state index in [1.54, 1.807) is 23.5 Å². The van der Waals surface area contributed by atoms with E-state index in [2.05, 4.69) is 15.9 Å². The fourth-order valence-electron chi connectivity index (χ4n) is 0.921. The highest BCUT2D eigenvalue weighted by Gasteiger charge is 2.28. The molecular weight excluding hydrogens is 275 g/mol. The van der Waals surface area contributed by atoms with Gasteiger partial charge >= 0.3 is 6.18 Å². The molecule has 0 saturated heterocycles. The lowest BCUT2D eigenvalue weighted by Gasteiger charge is -2.08. The molecule has 1 N–H and O–H groups in total. The van der Waals surface area contributed by atoms with Gasteiger partial charge in [-0.2, -0.15) is 13.2 Å². The second-order valence-electron chi connectivity index (χ2n) is 2.78. The van der Waals surface area contributed by atoms with Gasteiger partial charge in [0, 0.05) is 4.47 Å². The Morgan fingerprint density at radius 2 is 1.93 bits per heavy atom. The Bertz CT molecular complexity index is 365. The number of hydrogen-bond acceptors (Lipinski definition) is 1. The van der Waals surface area contributed by atoms with E-state index in [1.165, 1.54) is 6.07 Å². The van der Waals surface area contributed by atoms with Gasteiger partial charge in [0.15, 0.2) is 0 Å². The van der Waals surface area contributed by atoms with Crippen LogP contribution >= 0.6 is 15.9 Å². The molecule has 15 heavy (non-hydrogen) atoms. The van der Waals surface area contributed by atoms with E-state index in [-0.39, 0.29) is 5.56 Å². The monoisotopic (exact) mass is 281 g/mol. The number of carbonyl (C=O) groups excluding carboxylic acids is 1. The lowest BCUT2D eigenvalue weighted by atomic mass is 10.2. The van der Waals surface area contributed by atoms with Crippen molar-refractivity contribution in [3.63, 3.8) is 0 Å². The molecule has 1 rings (SSSR count). The minimum absolute atomic E-state index is 0.182. The number of alkyl halides is 3. The lowest BCUT2D eigenvalue weighted by molar-refractivity contribution is -0.123. The molecule has 0 radical (unpaired) electrons. The Hall–Kier alpha value is -1.04. The normalized spacial score (nSPS) is 11.2. The molecule has 2 nitrogen and oxygen atoms in total. The van der Waals surface area contributed by atoms with E-state index in [4.69, 9.17) is 0 Å². The van der Waals surface area contributed by atoms with Gasteiger partial charge in [0.05, 0.1) is 5.56 Å². The molecular formula is C9H7BrF3NO. The molecule has 0 fully saturated rings. The Morgan fingerprint density at radius 1 is 1.33 bits per heavy atom. The molecule has 82 valence electrons. The van der Waals surface area contributed by atoms with Crippen LogP contribution in [0.2, 0.25) is 0 Å². The third-order valence-electron chi connectivity index (χ3n) is 1.57. The van der Waals surface area contributed by atoms with Crippen molar-refractivity contribution in [3.05, 3.63) is 34.3 Å². The van der Waals surface area contributed by atoms with Crippen LogP contribution in [0, 0.1) is 0 Å². The molecule has 0 unspecified atom stereocenters. The number of hydrogen-bond donors (Lipinski definition) is 1. The highest BCUT2D eigenvalue weighted by molar-refractivity contribution is 9.10. The summed E-state index contributed by atoms with van der Waals surface area (Å²) in [5.74, 6) is -0.750. The highest BCUT2D eigenvalue weighted by Crippen LogP contribution is 2.17. The third-order valence-corrected chi connectivity index (χ3v) is 2.26. The standard InChI is InChI=1S/C9H7BrF3NO/c10-7-4-2-1-3-6(7)8(15)14-5-9(11,12)13/h1-4H,5H2,(H,14,15). The molecule has 0 heterocycles. The maximum Gasteiger partial charge on any atom is 0.405 e. The topological polar surface area (TPSA) is 29.1 Å². The summed E-state index contributed by atoms with van der Waals surface area (Å²) in [5.41, 5.74) is 0.182. The summed E-state index contributed by atoms with van der Waals surface area (Å²) in [6, 6.07) is 6.27. The quantitative estimate of drug-likeness (QED) is 0.887. The van der Waals surface area contributed by atoms with Gasteiger partial charge in [-0.15, -0.1) is 0 Å². The van der Waals surface area contributed by atoms with Crippen molar-refractivity contribution in [2.45, 2.75) is 6.18 Å². The van der Waals surface area contributed by atoms with E-state index in [9.17, 15) is 18.0 Å². The average Bonchev–Trinajstić information content (AvgIpc) is 2.14. The SMILES string of the molecule is O=C(NCC(F)(F)F)c1ccccc1Br. The summed E-state index contributed by atoms with van der Waals surface area (Å²) in [6.45, 7) is -1.33. The van der Waals surface area contributed by atoms with Crippen molar-refractivity contribution in [1.29, 1.82) is 0 Å². The van der Waals surface area contributed by atoms with Crippen molar-refractivity contribution >= 4 is 21.8 Å². The molecule has 0 spiro atoms. The van der Waals surface area contributed by atoms with Gasteiger partial charge in [-0.1, -0.05) is 12.1 Å². The molecule has 0 aliphatic rings. The van der Waals surface area contributed by atoms with E-state index in [1.807, 2.05) is 0 Å². The number of benzene rings is 1. The summed E-state index contributed by atoms with van der Waals surface area (Å²) in [7, 11) is 0. The highest BCUT2D eigenvalue weighted by atomic mass is 79.9. The molecule has 6 heteroatoms. The lowest BCUT2D eigenvalue weighted by Crippen LogP contribution is -2.33. The maximum absolute atomic E-state index is 11.8. The Morgan fingerprint density at radius 3 is 2.47 bits per heavy atom. The fourth-order valence-corrected chi connectivity index (χ4v) is 1.39. The summed E-state index contributed by atoms with van der Waals surface area (Å²) in [5, 5.41) is 1.79. The number of amides is 1. The fraction of sp³-hybridized carbons (Fsp3) is 0.222. The molecule has 1 aromatic carbocycles. The van der Waals surface area contributed by atoms with Gasteiger partial charge < -0.3 is 5.32 Å². The number of nitrogens with one attached hydrogen (secondary N) is 1. The van der Waals surface area contributed by atoms with E-state index in [0.29, 0.717) is 4.47 Å². The van der Waals surface area contributed by atoms with Crippen molar-refractivity contribution in [2.24, 2.45) is 0 Å². The summed E-state index contributed by atoms with van der Waals surface area (Å²) in [4.78, 5) is 11.3. The van der Waals surface area contributed by atoms with Gasteiger partial charge in [0.1, 0.15) is 6.54 Å². The summed E-state index contributed by atoms with van der Waals surface area (Å²) >= 11 is 3.08. The van der Waals surface area contributed by atoms with Crippen LogP contribution in [-0.2, 0) is 0 Å². The average molecular weight is 282 g/mol. The molecule has 0 atom stereocenters. The summed E-state index contributed by atoms with van der Waals surface area (Å²) < 4.78 is 35.9. The van der Waals surface area contributed by atoms with Crippen LogP contribution in [0.1, 0.15) is 10.4 Å². The molecule has 0 saturated carbocycles. The molecule has 0 aliphatic heterocycles. The Labute approximate surface area is 92.6 Å². The van der Waals surface area contributed by atoms with E-state index in [0.717, 1.165) is 0 Å². The van der Waals surface area contributed by atoms with Crippen LogP contribution in [0.5, 0.6) is 0 Å². The zero-order valence-corrected chi connectivity index (χ0v) is 9.02. The van der Waals surface area contributed by atoms with E-state index < -0.39 is 18.6 Å². The molecule has 1 amide bonds. The van der Waals surface area contributed by atoms with Gasteiger partial charge in [0.2, 0.25) is 0 Å². The van der Waals surface area contributed by atoms with Gasteiger partial charge in [0.25, 0.3) is 5.91 Å². The van der Waals surface area contributed by atoms with Crippen LogP contribution in [0.3, 0.4) is 0 Å². The minimum atomic E-state index is -4.39. The second-order valence-corrected chi connectivity index (χ2v) is 3.63. The van der Waals surface area contributed by atoms with Gasteiger partial charge in [-0.3, -0.25) is 4.79 Å². The first-order valence-corrected chi connectivity index (χ1v) is 4.79. The number of halogens is 4. The molecule has 0 aliphatic carbocycles. The van der Waals surface area contributed by atoms with E-state index >= 15 is 0 Å². The number of rotatable bonds is 2. The van der Waals surface area contributed by atoms with Crippen molar-refractivity contribution in [3.8, 4) is 0 Å². The van der Waals surface area contributed by atoms with Crippen LogP contribution in [0.25, 0.3) is 0 Å². The van der Waals surface area contributed by atoms with Crippen LogP contribution in [0.15, 0.2) is 28.7 Å². The van der Waals surface area contributed by atoms with Crippen molar-refractivity contribution in [2.75, 3.05) is 6.54 Å². The van der Waals surface area contributed by atoms with Crippen molar-refractivity contribution in [1.82, 2.24) is 5.32 Å². The second kappa shape index (κ2) is 4.65. The Kier molecular flexibility index (Phi) is 3.73. The minimum Gasteiger partial charge on any atom is -0.343 e. The zero-order valence-electron chi connectivity index (χ0n) is 7.44. The first-order chi connectivity index (χ1) is 6.90. The maximum atomic E-state index is 11.8. The predicted octanol–water partition coefficient (Wildman–Crippen LogP) is 2.74. The van der Waals surface area contributed by atoms with Crippen LogP contribution in [-0.4, -0.2) is 18.6 Å². The van der Waals surface area contributed by atoms with Gasteiger partial charge in [-0.25, -0.2) is 0 Å². The summed E-state index contributed by atoms with van der Waals surface area (Å²) in [6.07, 6.45) is -4.39. The first-order valence-electron chi connectivity index (χ1n) is 3.99. The predicted molar refractivity (Wildman–Crippen MR) is 52.5 cm³/mol. The van der Waals surface area contributed by atoms with Crippen LogP contribution in [0.4, 0.5) is 13.2 Å². The largest absolute Gasteiger partial charge is 0.405 e. The Balaban J connectivity index is 2.66. The number of carbonyl (C=O) groups is 1. The molecule has 1 aromatic rings. The molecule has 0 aromatic heterocycles. The molecule has 0 bridgehead atoms.